The fourth-order valence-electron chi connectivity index (χ4n) is 3.61. The molecule has 2 rings (SSSR count). The molecule has 7 nitrogen and oxygen atoms in total. The fraction of sp³-hybridized carbons (Fsp3) is 0.619. The van der Waals surface area contributed by atoms with Gasteiger partial charge in [0.15, 0.2) is 0 Å². The summed E-state index contributed by atoms with van der Waals surface area (Å²) < 4.78 is 27.2. The molecule has 1 saturated carbocycles. The van der Waals surface area contributed by atoms with Crippen molar-refractivity contribution >= 4 is 27.5 Å². The summed E-state index contributed by atoms with van der Waals surface area (Å²) in [5, 5.41) is 2.61. The largest absolute Gasteiger partial charge is 0.343 e. The molecule has 0 bridgehead atoms. The van der Waals surface area contributed by atoms with Crippen molar-refractivity contribution in [3.8, 4) is 0 Å². The first-order valence-electron chi connectivity index (χ1n) is 10.4. The molecule has 162 valence electrons. The molecule has 0 radical (unpaired) electrons. The van der Waals surface area contributed by atoms with Crippen LogP contribution in [0.15, 0.2) is 24.3 Å². The Balaban J connectivity index is 1.84. The van der Waals surface area contributed by atoms with Crippen LogP contribution < -0.4 is 10.0 Å². The summed E-state index contributed by atoms with van der Waals surface area (Å²) in [7, 11) is -3.67. The van der Waals surface area contributed by atoms with Crippen LogP contribution in [0.3, 0.4) is 0 Å². The van der Waals surface area contributed by atoms with E-state index in [1.165, 1.54) is 0 Å². The van der Waals surface area contributed by atoms with Crippen LogP contribution in [0.25, 0.3) is 0 Å². The van der Waals surface area contributed by atoms with Crippen LogP contribution in [0.5, 0.6) is 0 Å². The van der Waals surface area contributed by atoms with Gasteiger partial charge in [-0.3, -0.25) is 9.59 Å². The minimum Gasteiger partial charge on any atom is -0.343 e. The lowest BCUT2D eigenvalue weighted by molar-refractivity contribution is -0.130. The SMILES string of the molecule is CCN(CC)C(=O)Cc1ccc(NC(=O)CS(=O)(=O)NC2CCC(C)CC2)cc1. The molecule has 2 N–H and O–H groups in total. The summed E-state index contributed by atoms with van der Waals surface area (Å²) >= 11 is 0. The van der Waals surface area contributed by atoms with Gasteiger partial charge in [0.25, 0.3) is 0 Å². The maximum Gasteiger partial charge on any atom is 0.240 e. The average Bonchev–Trinajstić information content (AvgIpc) is 2.65. The Morgan fingerprint density at radius 2 is 1.62 bits per heavy atom. The number of hydrogen-bond donors (Lipinski definition) is 2. The first-order valence-corrected chi connectivity index (χ1v) is 12.0. The number of sulfonamides is 1. The van der Waals surface area contributed by atoms with Gasteiger partial charge in [0.1, 0.15) is 5.75 Å². The van der Waals surface area contributed by atoms with E-state index in [9.17, 15) is 18.0 Å². The molecule has 0 atom stereocenters. The monoisotopic (exact) mass is 423 g/mol. The second kappa shape index (κ2) is 10.7. The maximum atomic E-state index is 12.3. The molecular formula is C21H33N3O4S. The lowest BCUT2D eigenvalue weighted by Crippen LogP contribution is -2.41. The first kappa shape index (κ1) is 23.3. The van der Waals surface area contributed by atoms with E-state index in [4.69, 9.17) is 0 Å². The Morgan fingerprint density at radius 3 is 2.17 bits per heavy atom. The molecule has 1 aromatic carbocycles. The highest BCUT2D eigenvalue weighted by molar-refractivity contribution is 7.90. The van der Waals surface area contributed by atoms with Crippen LogP contribution in [0.4, 0.5) is 5.69 Å². The van der Waals surface area contributed by atoms with Crippen molar-refractivity contribution in [1.29, 1.82) is 0 Å². The third kappa shape index (κ3) is 7.78. The van der Waals surface area contributed by atoms with E-state index in [2.05, 4.69) is 17.0 Å². The van der Waals surface area contributed by atoms with Crippen LogP contribution in [-0.4, -0.2) is 50.0 Å². The molecule has 0 aromatic heterocycles. The lowest BCUT2D eigenvalue weighted by atomic mass is 9.88. The maximum absolute atomic E-state index is 12.3. The minimum atomic E-state index is -3.67. The van der Waals surface area contributed by atoms with Gasteiger partial charge < -0.3 is 10.2 Å². The number of benzene rings is 1. The highest BCUT2D eigenvalue weighted by Crippen LogP contribution is 2.23. The molecule has 0 unspecified atom stereocenters. The fourth-order valence-corrected chi connectivity index (χ4v) is 4.86. The van der Waals surface area contributed by atoms with Gasteiger partial charge in [-0.2, -0.15) is 0 Å². The summed E-state index contributed by atoms with van der Waals surface area (Å²) in [6.07, 6.45) is 3.94. The van der Waals surface area contributed by atoms with Crippen molar-refractivity contribution in [1.82, 2.24) is 9.62 Å². The number of amides is 2. The van der Waals surface area contributed by atoms with Gasteiger partial charge in [-0.05, 0) is 63.1 Å². The van der Waals surface area contributed by atoms with Gasteiger partial charge in [0.05, 0.1) is 6.42 Å². The van der Waals surface area contributed by atoms with Crippen LogP contribution in [0, 0.1) is 5.92 Å². The molecule has 29 heavy (non-hydrogen) atoms. The molecule has 1 aromatic rings. The van der Waals surface area contributed by atoms with Gasteiger partial charge in [0, 0.05) is 24.8 Å². The molecule has 2 amide bonds. The van der Waals surface area contributed by atoms with Crippen LogP contribution in [-0.2, 0) is 26.0 Å². The highest BCUT2D eigenvalue weighted by atomic mass is 32.2. The number of likely N-dealkylation sites (N-methyl/N-ethyl adjacent to an activating group) is 1. The molecule has 0 saturated heterocycles. The number of rotatable bonds is 9. The Bertz CT molecular complexity index is 781. The van der Waals surface area contributed by atoms with Crippen molar-refractivity contribution in [2.24, 2.45) is 5.92 Å². The quantitative estimate of drug-likeness (QED) is 0.638. The third-order valence-corrected chi connectivity index (χ3v) is 6.73. The van der Waals surface area contributed by atoms with Crippen molar-refractivity contribution in [2.45, 2.75) is 58.9 Å². The average molecular weight is 424 g/mol. The zero-order valence-corrected chi connectivity index (χ0v) is 18.4. The standard InChI is InChI=1S/C21H33N3O4S/c1-4-24(5-2)21(26)14-17-8-12-18(13-9-17)22-20(25)15-29(27,28)23-19-10-6-16(3)7-11-19/h8-9,12-13,16,19,23H,4-7,10-11,14-15H2,1-3H3,(H,22,25). The number of carbonyl (C=O) groups excluding carboxylic acids is 2. The predicted octanol–water partition coefficient (Wildman–Crippen LogP) is 2.53. The summed E-state index contributed by atoms with van der Waals surface area (Å²) in [6, 6.07) is 6.84. The molecule has 1 aliphatic rings. The van der Waals surface area contributed by atoms with E-state index in [0.29, 0.717) is 31.1 Å². The Morgan fingerprint density at radius 1 is 1.03 bits per heavy atom. The van der Waals surface area contributed by atoms with Crippen molar-refractivity contribution in [3.63, 3.8) is 0 Å². The van der Waals surface area contributed by atoms with Gasteiger partial charge >= 0.3 is 0 Å². The summed E-state index contributed by atoms with van der Waals surface area (Å²) in [6.45, 7) is 7.40. The number of carbonyl (C=O) groups is 2. The smallest absolute Gasteiger partial charge is 0.240 e. The van der Waals surface area contributed by atoms with Crippen LogP contribution in [0.1, 0.15) is 52.0 Å². The molecule has 1 aliphatic carbocycles. The minimum absolute atomic E-state index is 0.0565. The van der Waals surface area contributed by atoms with Gasteiger partial charge in [-0.15, -0.1) is 0 Å². The molecule has 8 heteroatoms. The normalized spacial score (nSPS) is 19.6. The number of nitrogens with one attached hydrogen (secondary N) is 2. The Kier molecular flexibility index (Phi) is 8.64. The number of nitrogens with zero attached hydrogens (tertiary/aromatic N) is 1. The number of hydrogen-bond acceptors (Lipinski definition) is 4. The van der Waals surface area contributed by atoms with E-state index < -0.39 is 21.7 Å². The van der Waals surface area contributed by atoms with E-state index >= 15 is 0 Å². The topological polar surface area (TPSA) is 95.6 Å². The molecule has 0 spiro atoms. The zero-order valence-electron chi connectivity index (χ0n) is 17.6. The molecule has 1 fully saturated rings. The predicted molar refractivity (Wildman–Crippen MR) is 115 cm³/mol. The molecule has 0 heterocycles. The highest BCUT2D eigenvalue weighted by Gasteiger charge is 2.24. The lowest BCUT2D eigenvalue weighted by Gasteiger charge is -2.26. The second-order valence-corrected chi connectivity index (χ2v) is 9.58. The Labute approximate surface area is 174 Å². The van der Waals surface area contributed by atoms with Gasteiger partial charge in [-0.1, -0.05) is 19.1 Å². The van der Waals surface area contributed by atoms with E-state index in [1.807, 2.05) is 13.8 Å². The number of anilines is 1. The third-order valence-electron chi connectivity index (χ3n) is 5.39. The molecular weight excluding hydrogens is 390 g/mol. The van der Waals surface area contributed by atoms with Crippen LogP contribution >= 0.6 is 0 Å². The van der Waals surface area contributed by atoms with E-state index in [0.717, 1.165) is 31.2 Å². The van der Waals surface area contributed by atoms with Crippen molar-refractivity contribution in [3.05, 3.63) is 29.8 Å². The van der Waals surface area contributed by atoms with Crippen molar-refractivity contribution in [2.75, 3.05) is 24.2 Å². The summed E-state index contributed by atoms with van der Waals surface area (Å²) in [5.74, 6) is -0.486. The summed E-state index contributed by atoms with van der Waals surface area (Å²) in [5.41, 5.74) is 1.36. The van der Waals surface area contributed by atoms with Gasteiger partial charge in [0.2, 0.25) is 21.8 Å². The Hall–Kier alpha value is -1.93. The zero-order chi connectivity index (χ0) is 21.4. The van der Waals surface area contributed by atoms with Crippen LogP contribution in [0.2, 0.25) is 0 Å². The molecule has 0 aliphatic heterocycles. The van der Waals surface area contributed by atoms with Crippen molar-refractivity contribution < 1.29 is 18.0 Å². The van der Waals surface area contributed by atoms with E-state index in [1.54, 1.807) is 29.2 Å². The summed E-state index contributed by atoms with van der Waals surface area (Å²) in [4.78, 5) is 26.1. The first-order chi connectivity index (χ1) is 13.7. The van der Waals surface area contributed by atoms with E-state index in [-0.39, 0.29) is 11.9 Å². The van der Waals surface area contributed by atoms with Gasteiger partial charge in [-0.25, -0.2) is 13.1 Å². The second-order valence-electron chi connectivity index (χ2n) is 7.82.